The van der Waals surface area contributed by atoms with Crippen molar-refractivity contribution in [2.75, 3.05) is 31.2 Å². The molecule has 4 nitrogen and oxygen atoms in total. The maximum Gasteiger partial charge on any atom is 0.389 e. The number of ether oxygens (including phenoxy) is 1. The molecule has 1 fully saturated rings. The molecule has 1 aliphatic rings. The molecule has 2 heterocycles. The summed E-state index contributed by atoms with van der Waals surface area (Å²) in [5, 5.41) is 8.34. The zero-order valence-corrected chi connectivity index (χ0v) is 13.8. The number of aromatic nitrogens is 2. The molecule has 0 amide bonds. The molecule has 0 unspecified atom stereocenters. The van der Waals surface area contributed by atoms with Crippen molar-refractivity contribution in [3.63, 3.8) is 0 Å². The van der Waals surface area contributed by atoms with Gasteiger partial charge in [-0.05, 0) is 18.4 Å². The molecule has 134 valence electrons. The number of halogens is 3. The lowest BCUT2D eigenvalue weighted by atomic mass is 9.97. The first-order valence-electron chi connectivity index (χ1n) is 8.34. The van der Waals surface area contributed by atoms with E-state index in [4.69, 9.17) is 4.74 Å². The number of rotatable bonds is 5. The number of anilines is 1. The second-order valence-corrected chi connectivity index (χ2v) is 5.99. The minimum atomic E-state index is -4.15. The first-order valence-corrected chi connectivity index (χ1v) is 8.34. The fraction of sp³-hybridized carbons (Fsp3) is 0.444. The maximum absolute atomic E-state index is 12.6. The van der Waals surface area contributed by atoms with Gasteiger partial charge in [-0.25, -0.2) is 0 Å². The van der Waals surface area contributed by atoms with Crippen molar-refractivity contribution in [2.45, 2.75) is 25.4 Å². The molecule has 0 spiro atoms. The highest BCUT2D eigenvalue weighted by atomic mass is 19.4. The van der Waals surface area contributed by atoms with Gasteiger partial charge < -0.3 is 9.64 Å². The minimum absolute atomic E-state index is 0.0341. The van der Waals surface area contributed by atoms with Crippen molar-refractivity contribution < 1.29 is 17.9 Å². The third-order valence-electron chi connectivity index (χ3n) is 4.22. The van der Waals surface area contributed by atoms with E-state index in [1.807, 2.05) is 35.2 Å². The molecule has 0 aliphatic carbocycles. The fourth-order valence-corrected chi connectivity index (χ4v) is 3.01. The summed E-state index contributed by atoms with van der Waals surface area (Å²) in [5.74, 6) is 0.673. The SMILES string of the molecule is FC(F)(F)CCCc1c(-c2ccccc2)cnnc1N1CCOCC1. The van der Waals surface area contributed by atoms with Crippen LogP contribution in [0.15, 0.2) is 36.5 Å². The van der Waals surface area contributed by atoms with Crippen LogP contribution in [0.25, 0.3) is 11.1 Å². The van der Waals surface area contributed by atoms with Crippen molar-refractivity contribution in [1.82, 2.24) is 10.2 Å². The first-order chi connectivity index (χ1) is 12.0. The van der Waals surface area contributed by atoms with E-state index in [0.29, 0.717) is 38.5 Å². The minimum Gasteiger partial charge on any atom is -0.378 e. The van der Waals surface area contributed by atoms with Gasteiger partial charge in [-0.2, -0.15) is 18.3 Å². The summed E-state index contributed by atoms with van der Waals surface area (Å²) < 4.78 is 43.1. The van der Waals surface area contributed by atoms with E-state index in [1.165, 1.54) is 0 Å². The number of morpholine rings is 1. The van der Waals surface area contributed by atoms with Crippen LogP contribution in [0.4, 0.5) is 19.0 Å². The third-order valence-corrected chi connectivity index (χ3v) is 4.22. The van der Waals surface area contributed by atoms with Crippen molar-refractivity contribution >= 4 is 5.82 Å². The number of alkyl halides is 3. The van der Waals surface area contributed by atoms with Crippen LogP contribution in [0.2, 0.25) is 0 Å². The molecule has 1 aromatic carbocycles. The quantitative estimate of drug-likeness (QED) is 0.820. The van der Waals surface area contributed by atoms with E-state index in [9.17, 15) is 13.2 Å². The highest BCUT2D eigenvalue weighted by Crippen LogP contribution is 2.32. The van der Waals surface area contributed by atoms with Crippen LogP contribution in [0.5, 0.6) is 0 Å². The van der Waals surface area contributed by atoms with Gasteiger partial charge in [-0.15, -0.1) is 5.10 Å². The zero-order chi connectivity index (χ0) is 17.7. The number of nitrogens with zero attached hydrogens (tertiary/aromatic N) is 3. The van der Waals surface area contributed by atoms with E-state index in [1.54, 1.807) is 6.20 Å². The second kappa shape index (κ2) is 7.82. The summed E-state index contributed by atoms with van der Waals surface area (Å²) in [6.45, 7) is 2.50. The molecule has 0 saturated carbocycles. The molecular weight excluding hydrogens is 331 g/mol. The summed E-state index contributed by atoms with van der Waals surface area (Å²) >= 11 is 0. The van der Waals surface area contributed by atoms with Gasteiger partial charge in [0, 0.05) is 30.6 Å². The Labute approximate surface area is 144 Å². The van der Waals surface area contributed by atoms with Gasteiger partial charge >= 0.3 is 6.18 Å². The van der Waals surface area contributed by atoms with E-state index in [0.717, 1.165) is 16.7 Å². The lowest BCUT2D eigenvalue weighted by Crippen LogP contribution is -2.37. The Morgan fingerprint density at radius 2 is 1.80 bits per heavy atom. The largest absolute Gasteiger partial charge is 0.389 e. The standard InChI is InChI=1S/C18H20F3N3O/c19-18(20,21)8-4-7-15-16(14-5-2-1-3-6-14)13-22-23-17(15)24-9-11-25-12-10-24/h1-3,5-6,13H,4,7-12H2. The lowest BCUT2D eigenvalue weighted by Gasteiger charge is -2.29. The Balaban J connectivity index is 1.93. The summed E-state index contributed by atoms with van der Waals surface area (Å²) in [4.78, 5) is 2.05. The number of benzene rings is 1. The van der Waals surface area contributed by atoms with E-state index in [-0.39, 0.29) is 6.42 Å². The Kier molecular flexibility index (Phi) is 5.53. The van der Waals surface area contributed by atoms with E-state index in [2.05, 4.69) is 10.2 Å². The smallest absolute Gasteiger partial charge is 0.378 e. The zero-order valence-electron chi connectivity index (χ0n) is 13.8. The number of hydrogen-bond donors (Lipinski definition) is 0. The summed E-state index contributed by atoms with van der Waals surface area (Å²) in [6.07, 6.45) is -2.96. The van der Waals surface area contributed by atoms with Crippen LogP contribution >= 0.6 is 0 Å². The van der Waals surface area contributed by atoms with Gasteiger partial charge in [-0.3, -0.25) is 0 Å². The topological polar surface area (TPSA) is 38.2 Å². The highest BCUT2D eigenvalue weighted by molar-refractivity contribution is 5.71. The molecule has 25 heavy (non-hydrogen) atoms. The molecule has 0 radical (unpaired) electrons. The highest BCUT2D eigenvalue weighted by Gasteiger charge is 2.27. The van der Waals surface area contributed by atoms with Crippen molar-refractivity contribution in [3.05, 3.63) is 42.1 Å². The molecule has 3 rings (SSSR count). The van der Waals surface area contributed by atoms with Gasteiger partial charge in [-0.1, -0.05) is 30.3 Å². The Bertz CT molecular complexity index is 686. The summed E-state index contributed by atoms with van der Waals surface area (Å²) in [7, 11) is 0. The van der Waals surface area contributed by atoms with Crippen LogP contribution in [-0.4, -0.2) is 42.7 Å². The van der Waals surface area contributed by atoms with Crippen LogP contribution in [0, 0.1) is 0 Å². The molecule has 0 atom stereocenters. The first kappa shape index (κ1) is 17.7. The second-order valence-electron chi connectivity index (χ2n) is 5.99. The molecule has 1 saturated heterocycles. The van der Waals surface area contributed by atoms with Gasteiger partial charge in [0.2, 0.25) is 0 Å². The van der Waals surface area contributed by atoms with E-state index < -0.39 is 12.6 Å². The van der Waals surface area contributed by atoms with Crippen LogP contribution in [0.3, 0.4) is 0 Å². The molecule has 7 heteroatoms. The summed E-state index contributed by atoms with van der Waals surface area (Å²) in [5.41, 5.74) is 2.61. The molecule has 0 bridgehead atoms. The van der Waals surface area contributed by atoms with Crippen molar-refractivity contribution in [1.29, 1.82) is 0 Å². The van der Waals surface area contributed by atoms with E-state index >= 15 is 0 Å². The van der Waals surface area contributed by atoms with Crippen LogP contribution < -0.4 is 4.90 Å². The molecule has 1 aliphatic heterocycles. The monoisotopic (exact) mass is 351 g/mol. The Hall–Kier alpha value is -2.15. The molecule has 1 aromatic heterocycles. The normalized spacial score (nSPS) is 15.4. The summed E-state index contributed by atoms with van der Waals surface area (Å²) in [6, 6.07) is 9.60. The van der Waals surface area contributed by atoms with Crippen molar-refractivity contribution in [3.8, 4) is 11.1 Å². The molecular formula is C18H20F3N3O. The predicted molar refractivity (Wildman–Crippen MR) is 89.5 cm³/mol. The van der Waals surface area contributed by atoms with Crippen LogP contribution in [-0.2, 0) is 11.2 Å². The molecule has 0 N–H and O–H groups in total. The lowest BCUT2D eigenvalue weighted by molar-refractivity contribution is -0.135. The van der Waals surface area contributed by atoms with Gasteiger partial charge in [0.15, 0.2) is 5.82 Å². The van der Waals surface area contributed by atoms with Crippen molar-refractivity contribution in [2.24, 2.45) is 0 Å². The molecule has 2 aromatic rings. The van der Waals surface area contributed by atoms with Crippen LogP contribution in [0.1, 0.15) is 18.4 Å². The van der Waals surface area contributed by atoms with Gasteiger partial charge in [0.25, 0.3) is 0 Å². The Morgan fingerprint density at radius 3 is 2.48 bits per heavy atom. The fourth-order valence-electron chi connectivity index (χ4n) is 3.01. The third kappa shape index (κ3) is 4.69. The van der Waals surface area contributed by atoms with Gasteiger partial charge in [0.05, 0.1) is 19.4 Å². The predicted octanol–water partition coefficient (Wildman–Crippen LogP) is 3.87. The average molecular weight is 351 g/mol. The average Bonchev–Trinajstić information content (AvgIpc) is 2.62. The number of hydrogen-bond acceptors (Lipinski definition) is 4. The van der Waals surface area contributed by atoms with Gasteiger partial charge in [0.1, 0.15) is 0 Å². The Morgan fingerprint density at radius 1 is 1.08 bits per heavy atom. The maximum atomic E-state index is 12.6.